The van der Waals surface area contributed by atoms with E-state index >= 15 is 0 Å². The third kappa shape index (κ3) is 4.25. The summed E-state index contributed by atoms with van der Waals surface area (Å²) in [6.45, 7) is 1.55. The molecule has 3 N–H and O–H groups in total. The highest BCUT2D eigenvalue weighted by molar-refractivity contribution is 9.10. The van der Waals surface area contributed by atoms with Gasteiger partial charge in [-0.05, 0) is 36.8 Å². The Kier molecular flexibility index (Phi) is 5.46. The molecule has 2 rings (SSSR count). The van der Waals surface area contributed by atoms with E-state index in [1.165, 1.54) is 0 Å². The SMILES string of the molecule is Cc1cc(Br)cc(Cl)c1OCC(=O)NNC(=O)c1ccc[nH]1. The van der Waals surface area contributed by atoms with Crippen molar-refractivity contribution in [3.05, 3.63) is 51.2 Å². The number of aryl methyl sites for hydroxylation is 1. The minimum atomic E-state index is -0.502. The molecule has 0 radical (unpaired) electrons. The molecule has 1 aromatic carbocycles. The van der Waals surface area contributed by atoms with E-state index in [1.54, 1.807) is 24.4 Å². The van der Waals surface area contributed by atoms with Gasteiger partial charge in [0, 0.05) is 10.7 Å². The molecule has 0 aliphatic carbocycles. The lowest BCUT2D eigenvalue weighted by Crippen LogP contribution is -2.44. The number of H-pyrrole nitrogens is 1. The highest BCUT2D eigenvalue weighted by Gasteiger charge is 2.11. The van der Waals surface area contributed by atoms with Crippen LogP contribution in [0.1, 0.15) is 16.1 Å². The van der Waals surface area contributed by atoms with Crippen molar-refractivity contribution in [2.45, 2.75) is 6.92 Å². The van der Waals surface area contributed by atoms with Crippen molar-refractivity contribution in [3.8, 4) is 5.75 Å². The number of carbonyl (C=O) groups excluding carboxylic acids is 2. The number of ether oxygens (including phenoxy) is 1. The van der Waals surface area contributed by atoms with Gasteiger partial charge in [-0.2, -0.15) is 0 Å². The van der Waals surface area contributed by atoms with E-state index < -0.39 is 11.8 Å². The van der Waals surface area contributed by atoms with Crippen LogP contribution in [0.25, 0.3) is 0 Å². The van der Waals surface area contributed by atoms with Crippen molar-refractivity contribution in [1.82, 2.24) is 15.8 Å². The van der Waals surface area contributed by atoms with Gasteiger partial charge in [0.1, 0.15) is 11.4 Å². The predicted molar refractivity (Wildman–Crippen MR) is 85.8 cm³/mol. The van der Waals surface area contributed by atoms with Gasteiger partial charge in [-0.3, -0.25) is 20.4 Å². The number of hydrazine groups is 1. The van der Waals surface area contributed by atoms with Crippen LogP contribution in [0.5, 0.6) is 5.75 Å². The molecule has 2 aromatic rings. The largest absolute Gasteiger partial charge is 0.482 e. The molecule has 0 fully saturated rings. The summed E-state index contributed by atoms with van der Waals surface area (Å²) in [6.07, 6.45) is 1.61. The van der Waals surface area contributed by atoms with Gasteiger partial charge in [-0.15, -0.1) is 0 Å². The minimum absolute atomic E-state index is 0.271. The Balaban J connectivity index is 1.85. The van der Waals surface area contributed by atoms with Crippen molar-refractivity contribution < 1.29 is 14.3 Å². The van der Waals surface area contributed by atoms with Crippen molar-refractivity contribution in [2.75, 3.05) is 6.61 Å². The Bertz CT molecular complexity index is 666. The number of aromatic nitrogens is 1. The second-order valence-corrected chi connectivity index (χ2v) is 5.73. The summed E-state index contributed by atoms with van der Waals surface area (Å²) in [4.78, 5) is 26.0. The van der Waals surface area contributed by atoms with Crippen molar-refractivity contribution in [2.24, 2.45) is 0 Å². The lowest BCUT2D eigenvalue weighted by Gasteiger charge is -2.12. The van der Waals surface area contributed by atoms with Crippen LogP contribution in [-0.4, -0.2) is 23.4 Å². The Labute approximate surface area is 140 Å². The molecular formula is C14H13BrClN3O3. The van der Waals surface area contributed by atoms with Crippen LogP contribution in [0, 0.1) is 6.92 Å². The first kappa shape index (κ1) is 16.4. The molecule has 22 heavy (non-hydrogen) atoms. The molecule has 0 atom stereocenters. The maximum absolute atomic E-state index is 11.7. The number of benzene rings is 1. The summed E-state index contributed by atoms with van der Waals surface area (Å²) in [5.41, 5.74) is 5.66. The summed E-state index contributed by atoms with van der Waals surface area (Å²) >= 11 is 9.37. The molecule has 0 spiro atoms. The third-order valence-corrected chi connectivity index (χ3v) is 3.44. The number of nitrogens with one attached hydrogen (secondary N) is 3. The normalized spacial score (nSPS) is 10.1. The van der Waals surface area contributed by atoms with Crippen LogP contribution in [-0.2, 0) is 4.79 Å². The van der Waals surface area contributed by atoms with Gasteiger partial charge in [-0.25, -0.2) is 0 Å². The van der Waals surface area contributed by atoms with Gasteiger partial charge in [0.15, 0.2) is 6.61 Å². The lowest BCUT2D eigenvalue weighted by atomic mass is 10.2. The lowest BCUT2D eigenvalue weighted by molar-refractivity contribution is -0.123. The molecule has 8 heteroatoms. The maximum Gasteiger partial charge on any atom is 0.286 e. The van der Waals surface area contributed by atoms with Crippen LogP contribution >= 0.6 is 27.5 Å². The molecule has 0 bridgehead atoms. The fraction of sp³-hybridized carbons (Fsp3) is 0.143. The highest BCUT2D eigenvalue weighted by atomic mass is 79.9. The van der Waals surface area contributed by atoms with E-state index in [4.69, 9.17) is 16.3 Å². The number of rotatable bonds is 4. The second kappa shape index (κ2) is 7.33. The van der Waals surface area contributed by atoms with Crippen LogP contribution in [0.4, 0.5) is 0 Å². The van der Waals surface area contributed by atoms with Gasteiger partial charge in [-0.1, -0.05) is 27.5 Å². The third-order valence-electron chi connectivity index (χ3n) is 2.70. The van der Waals surface area contributed by atoms with E-state index in [2.05, 4.69) is 31.8 Å². The summed E-state index contributed by atoms with van der Waals surface area (Å²) < 4.78 is 6.21. The number of halogens is 2. The number of aromatic amines is 1. The van der Waals surface area contributed by atoms with Crippen LogP contribution in [0.15, 0.2) is 34.9 Å². The molecular weight excluding hydrogens is 374 g/mol. The molecule has 2 amide bonds. The van der Waals surface area contributed by atoms with Crippen LogP contribution in [0.3, 0.4) is 0 Å². The molecule has 0 saturated heterocycles. The van der Waals surface area contributed by atoms with E-state index in [9.17, 15) is 9.59 Å². The van der Waals surface area contributed by atoms with E-state index in [0.717, 1.165) is 10.0 Å². The summed E-state index contributed by atoms with van der Waals surface area (Å²) in [5.74, 6) is -0.523. The average molecular weight is 387 g/mol. The molecule has 0 saturated carbocycles. The van der Waals surface area contributed by atoms with Gasteiger partial charge in [0.2, 0.25) is 0 Å². The topological polar surface area (TPSA) is 83.2 Å². The number of hydrogen-bond acceptors (Lipinski definition) is 3. The maximum atomic E-state index is 11.7. The Hall–Kier alpha value is -1.99. The molecule has 0 unspecified atom stereocenters. The summed E-state index contributed by atoms with van der Waals surface area (Å²) in [6, 6.07) is 6.77. The Morgan fingerprint density at radius 2 is 2.14 bits per heavy atom. The number of carbonyl (C=O) groups is 2. The first-order chi connectivity index (χ1) is 10.5. The predicted octanol–water partition coefficient (Wildman–Crippen LogP) is 2.58. The zero-order valence-corrected chi connectivity index (χ0v) is 13.9. The average Bonchev–Trinajstić information content (AvgIpc) is 2.97. The van der Waals surface area contributed by atoms with Gasteiger partial charge in [0.25, 0.3) is 11.8 Å². The van der Waals surface area contributed by atoms with Crippen molar-refractivity contribution in [3.63, 3.8) is 0 Å². The Morgan fingerprint density at radius 3 is 2.77 bits per heavy atom. The zero-order valence-electron chi connectivity index (χ0n) is 11.6. The zero-order chi connectivity index (χ0) is 16.1. The summed E-state index contributed by atoms with van der Waals surface area (Å²) in [5, 5.41) is 0.398. The van der Waals surface area contributed by atoms with Gasteiger partial charge in [0.05, 0.1) is 5.02 Å². The number of hydrogen-bond donors (Lipinski definition) is 3. The first-order valence-electron chi connectivity index (χ1n) is 6.28. The highest BCUT2D eigenvalue weighted by Crippen LogP contribution is 2.31. The van der Waals surface area contributed by atoms with Crippen molar-refractivity contribution >= 4 is 39.3 Å². The van der Waals surface area contributed by atoms with Gasteiger partial charge < -0.3 is 9.72 Å². The van der Waals surface area contributed by atoms with E-state index in [1.807, 2.05) is 13.0 Å². The first-order valence-corrected chi connectivity index (χ1v) is 7.45. The molecule has 0 aliphatic rings. The monoisotopic (exact) mass is 385 g/mol. The van der Waals surface area contributed by atoms with Crippen molar-refractivity contribution in [1.29, 1.82) is 0 Å². The molecule has 116 valence electrons. The molecule has 1 heterocycles. The Morgan fingerprint density at radius 1 is 1.36 bits per heavy atom. The number of amides is 2. The minimum Gasteiger partial charge on any atom is -0.482 e. The van der Waals surface area contributed by atoms with E-state index in [0.29, 0.717) is 16.5 Å². The second-order valence-electron chi connectivity index (χ2n) is 4.41. The quantitative estimate of drug-likeness (QED) is 0.706. The molecule has 0 aliphatic heterocycles. The van der Waals surface area contributed by atoms with E-state index in [-0.39, 0.29) is 6.61 Å². The van der Waals surface area contributed by atoms with Gasteiger partial charge >= 0.3 is 0 Å². The standard InChI is InChI=1S/C14H13BrClN3O3/c1-8-5-9(15)6-10(16)13(8)22-7-12(20)18-19-14(21)11-3-2-4-17-11/h2-6,17H,7H2,1H3,(H,18,20)(H,19,21). The summed E-state index contributed by atoms with van der Waals surface area (Å²) in [7, 11) is 0. The molecule has 6 nitrogen and oxygen atoms in total. The molecule has 1 aromatic heterocycles. The fourth-order valence-corrected chi connectivity index (χ4v) is 2.74. The van der Waals surface area contributed by atoms with Crippen LogP contribution in [0.2, 0.25) is 5.02 Å². The smallest absolute Gasteiger partial charge is 0.286 e. The fourth-order valence-electron chi connectivity index (χ4n) is 1.71. The van der Waals surface area contributed by atoms with Crippen LogP contribution < -0.4 is 15.6 Å².